The van der Waals surface area contributed by atoms with Crippen molar-refractivity contribution in [2.24, 2.45) is 5.92 Å². The van der Waals surface area contributed by atoms with Gasteiger partial charge in [-0.05, 0) is 37.3 Å². The Bertz CT molecular complexity index is 530. The third-order valence-corrected chi connectivity index (χ3v) is 3.95. The molecule has 1 aliphatic rings. The number of pyridine rings is 1. The van der Waals surface area contributed by atoms with Gasteiger partial charge in [-0.2, -0.15) is 5.26 Å². The molecule has 0 aliphatic heterocycles. The van der Waals surface area contributed by atoms with Gasteiger partial charge in [0, 0.05) is 6.20 Å². The number of carboxylic acid groups (broad SMARTS) is 1. The van der Waals surface area contributed by atoms with Crippen molar-refractivity contribution in [2.45, 2.75) is 45.1 Å². The van der Waals surface area contributed by atoms with Crippen LogP contribution in [0.3, 0.4) is 0 Å². The van der Waals surface area contributed by atoms with Gasteiger partial charge in [-0.15, -0.1) is 0 Å². The Labute approximate surface area is 118 Å². The summed E-state index contributed by atoms with van der Waals surface area (Å²) in [5, 5.41) is 21.6. The lowest BCUT2D eigenvalue weighted by molar-refractivity contribution is -0.139. The summed E-state index contributed by atoms with van der Waals surface area (Å²) in [7, 11) is 0. The number of nitrogens with zero attached hydrogens (tertiary/aromatic N) is 2. The van der Waals surface area contributed by atoms with Crippen molar-refractivity contribution in [3.63, 3.8) is 0 Å². The van der Waals surface area contributed by atoms with Crippen LogP contribution in [0.1, 0.15) is 43.2 Å². The van der Waals surface area contributed by atoms with Gasteiger partial charge in [0.05, 0.1) is 5.56 Å². The molecule has 1 aromatic rings. The summed E-state index contributed by atoms with van der Waals surface area (Å²) in [5.74, 6) is -0.385. The van der Waals surface area contributed by atoms with E-state index in [1.165, 1.54) is 6.42 Å². The highest BCUT2D eigenvalue weighted by Gasteiger charge is 2.30. The van der Waals surface area contributed by atoms with E-state index >= 15 is 0 Å². The molecule has 0 radical (unpaired) electrons. The molecule has 0 amide bonds. The van der Waals surface area contributed by atoms with Crippen molar-refractivity contribution < 1.29 is 9.90 Å². The predicted octanol–water partition coefficient (Wildman–Crippen LogP) is 2.71. The molecule has 1 saturated carbocycles. The Balaban J connectivity index is 2.22. The van der Waals surface area contributed by atoms with E-state index in [1.54, 1.807) is 12.3 Å². The number of rotatable bonds is 4. The van der Waals surface area contributed by atoms with Crippen molar-refractivity contribution in [3.05, 3.63) is 23.4 Å². The fraction of sp³-hybridized carbons (Fsp3) is 0.533. The van der Waals surface area contributed by atoms with E-state index in [4.69, 9.17) is 0 Å². The van der Waals surface area contributed by atoms with Gasteiger partial charge < -0.3 is 10.4 Å². The fourth-order valence-electron chi connectivity index (χ4n) is 2.80. The molecule has 2 N–H and O–H groups in total. The normalized spacial score (nSPS) is 17.2. The van der Waals surface area contributed by atoms with Gasteiger partial charge in [0.15, 0.2) is 0 Å². The zero-order valence-electron chi connectivity index (χ0n) is 11.6. The Kier molecular flexibility index (Phi) is 4.57. The minimum Gasteiger partial charge on any atom is -0.480 e. The highest BCUT2D eigenvalue weighted by atomic mass is 16.4. The smallest absolute Gasteiger partial charge is 0.326 e. The molecule has 0 bridgehead atoms. The van der Waals surface area contributed by atoms with E-state index in [2.05, 4.69) is 16.4 Å². The van der Waals surface area contributed by atoms with Gasteiger partial charge in [-0.1, -0.05) is 19.3 Å². The van der Waals surface area contributed by atoms with Gasteiger partial charge in [-0.25, -0.2) is 9.78 Å². The van der Waals surface area contributed by atoms with Crippen LogP contribution in [0, 0.1) is 24.2 Å². The molecule has 0 aromatic carbocycles. The SMILES string of the molecule is Cc1ccnc(NC(C(=O)O)C2CCCCC2)c1C#N. The molecule has 5 heteroatoms. The van der Waals surface area contributed by atoms with Crippen molar-refractivity contribution >= 4 is 11.8 Å². The second-order valence-corrected chi connectivity index (χ2v) is 5.32. The Morgan fingerprint density at radius 2 is 2.20 bits per heavy atom. The summed E-state index contributed by atoms with van der Waals surface area (Å²) in [4.78, 5) is 15.6. The Hall–Kier alpha value is -2.09. The third kappa shape index (κ3) is 3.08. The van der Waals surface area contributed by atoms with E-state index in [-0.39, 0.29) is 5.92 Å². The fourth-order valence-corrected chi connectivity index (χ4v) is 2.80. The van der Waals surface area contributed by atoms with E-state index in [1.807, 2.05) is 6.92 Å². The van der Waals surface area contributed by atoms with Crippen molar-refractivity contribution in [2.75, 3.05) is 5.32 Å². The van der Waals surface area contributed by atoms with E-state index in [9.17, 15) is 15.2 Å². The molecule has 2 rings (SSSR count). The van der Waals surface area contributed by atoms with Crippen LogP contribution >= 0.6 is 0 Å². The van der Waals surface area contributed by atoms with Crippen molar-refractivity contribution in [1.82, 2.24) is 4.98 Å². The van der Waals surface area contributed by atoms with Gasteiger partial charge in [0.2, 0.25) is 0 Å². The summed E-state index contributed by atoms with van der Waals surface area (Å²) in [6.07, 6.45) is 6.74. The molecular weight excluding hydrogens is 254 g/mol. The lowest BCUT2D eigenvalue weighted by Crippen LogP contribution is -2.38. The Morgan fingerprint density at radius 3 is 2.80 bits per heavy atom. The standard InChI is InChI=1S/C15H19N3O2/c1-10-7-8-17-14(12(10)9-16)18-13(15(19)20)11-5-3-2-4-6-11/h7-8,11,13H,2-6H2,1H3,(H,17,18)(H,19,20). The number of carbonyl (C=O) groups is 1. The maximum atomic E-state index is 11.5. The van der Waals surface area contributed by atoms with Crippen LogP contribution in [0.5, 0.6) is 0 Å². The summed E-state index contributed by atoms with van der Waals surface area (Å²) >= 11 is 0. The highest BCUT2D eigenvalue weighted by molar-refractivity contribution is 5.78. The molecule has 1 aliphatic carbocycles. The van der Waals surface area contributed by atoms with E-state index in [0.29, 0.717) is 11.4 Å². The van der Waals surface area contributed by atoms with Crippen molar-refractivity contribution in [1.29, 1.82) is 5.26 Å². The number of aliphatic carboxylic acids is 1. The molecule has 20 heavy (non-hydrogen) atoms. The van der Waals surface area contributed by atoms with Crippen LogP contribution in [-0.2, 0) is 4.79 Å². The lowest BCUT2D eigenvalue weighted by atomic mass is 9.84. The Morgan fingerprint density at radius 1 is 1.50 bits per heavy atom. The second-order valence-electron chi connectivity index (χ2n) is 5.32. The quantitative estimate of drug-likeness (QED) is 0.880. The minimum absolute atomic E-state index is 0.107. The van der Waals surface area contributed by atoms with Gasteiger partial charge in [0.1, 0.15) is 17.9 Å². The average Bonchev–Trinajstić information content (AvgIpc) is 2.45. The molecule has 1 atom stereocenters. The van der Waals surface area contributed by atoms with E-state index < -0.39 is 12.0 Å². The molecular formula is C15H19N3O2. The zero-order valence-corrected chi connectivity index (χ0v) is 11.6. The predicted molar refractivity (Wildman–Crippen MR) is 75.3 cm³/mol. The van der Waals surface area contributed by atoms with Gasteiger partial charge >= 0.3 is 5.97 Å². The van der Waals surface area contributed by atoms with Crippen LogP contribution in [-0.4, -0.2) is 22.1 Å². The van der Waals surface area contributed by atoms with Gasteiger partial charge in [-0.3, -0.25) is 0 Å². The average molecular weight is 273 g/mol. The molecule has 0 spiro atoms. The minimum atomic E-state index is -0.871. The summed E-state index contributed by atoms with van der Waals surface area (Å²) in [5.41, 5.74) is 1.23. The molecule has 5 nitrogen and oxygen atoms in total. The first-order chi connectivity index (χ1) is 9.63. The second kappa shape index (κ2) is 6.38. The number of nitriles is 1. The summed E-state index contributed by atoms with van der Waals surface area (Å²) < 4.78 is 0. The first-order valence-electron chi connectivity index (χ1n) is 6.98. The number of carboxylic acids is 1. The number of aromatic nitrogens is 1. The maximum absolute atomic E-state index is 11.5. The number of aryl methyl sites for hydroxylation is 1. The molecule has 1 aromatic heterocycles. The number of nitrogens with one attached hydrogen (secondary N) is 1. The third-order valence-electron chi connectivity index (χ3n) is 3.95. The lowest BCUT2D eigenvalue weighted by Gasteiger charge is -2.28. The number of hydrogen-bond acceptors (Lipinski definition) is 4. The van der Waals surface area contributed by atoms with Crippen LogP contribution in [0.25, 0.3) is 0 Å². The maximum Gasteiger partial charge on any atom is 0.326 e. The summed E-state index contributed by atoms with van der Waals surface area (Å²) in [6.45, 7) is 1.82. The number of anilines is 1. The molecule has 1 fully saturated rings. The first-order valence-corrected chi connectivity index (χ1v) is 6.98. The van der Waals surface area contributed by atoms with Crippen LogP contribution in [0.15, 0.2) is 12.3 Å². The molecule has 0 saturated heterocycles. The zero-order chi connectivity index (χ0) is 14.5. The highest BCUT2D eigenvalue weighted by Crippen LogP contribution is 2.29. The molecule has 106 valence electrons. The first kappa shape index (κ1) is 14.3. The van der Waals surface area contributed by atoms with Crippen molar-refractivity contribution in [3.8, 4) is 6.07 Å². The largest absolute Gasteiger partial charge is 0.480 e. The van der Waals surface area contributed by atoms with Crippen LogP contribution in [0.4, 0.5) is 5.82 Å². The van der Waals surface area contributed by atoms with Crippen LogP contribution < -0.4 is 5.32 Å². The molecule has 1 heterocycles. The van der Waals surface area contributed by atoms with E-state index in [0.717, 1.165) is 31.2 Å². The monoisotopic (exact) mass is 273 g/mol. The summed E-state index contributed by atoms with van der Waals surface area (Å²) in [6, 6.07) is 3.17. The molecule has 1 unspecified atom stereocenters. The topological polar surface area (TPSA) is 86.0 Å². The van der Waals surface area contributed by atoms with Gasteiger partial charge in [0.25, 0.3) is 0 Å². The number of hydrogen-bond donors (Lipinski definition) is 2. The van der Waals surface area contributed by atoms with Crippen LogP contribution in [0.2, 0.25) is 0 Å².